The van der Waals surface area contributed by atoms with Crippen LogP contribution in [0.5, 0.6) is 0 Å². The van der Waals surface area contributed by atoms with Crippen molar-refractivity contribution < 1.29 is 18.0 Å². The Morgan fingerprint density at radius 2 is 2.10 bits per heavy atom. The third-order valence-corrected chi connectivity index (χ3v) is 6.82. The second-order valence-electron chi connectivity index (χ2n) is 7.47. The molecule has 2 heterocycles. The van der Waals surface area contributed by atoms with Gasteiger partial charge in [-0.3, -0.25) is 9.59 Å². The second kappa shape index (κ2) is 8.75. The van der Waals surface area contributed by atoms with Crippen LogP contribution in [0.25, 0.3) is 10.9 Å². The molecule has 2 aromatic rings. The molecule has 1 aromatic heterocycles. The summed E-state index contributed by atoms with van der Waals surface area (Å²) in [4.78, 5) is 28.2. The molecule has 1 atom stereocenters. The molecule has 0 aliphatic carbocycles. The number of amides is 1. The van der Waals surface area contributed by atoms with Crippen LogP contribution >= 0.6 is 0 Å². The van der Waals surface area contributed by atoms with Gasteiger partial charge in [0, 0.05) is 44.0 Å². The Bertz CT molecular complexity index is 1230. The smallest absolute Gasteiger partial charge is 0.245 e. The molecule has 1 fully saturated rings. The molecule has 1 unspecified atom stereocenters. The molecule has 1 aromatic carbocycles. The number of sulfonamides is 1. The number of hydrogen-bond acceptors (Lipinski definition) is 6. The van der Waals surface area contributed by atoms with Crippen LogP contribution in [0.2, 0.25) is 0 Å². The van der Waals surface area contributed by atoms with E-state index in [1.807, 2.05) is 6.07 Å². The van der Waals surface area contributed by atoms with Crippen molar-refractivity contribution in [1.29, 1.82) is 5.26 Å². The van der Waals surface area contributed by atoms with E-state index in [1.54, 1.807) is 50.3 Å². The highest BCUT2D eigenvalue weighted by Crippen LogP contribution is 2.32. The number of fused-ring (bicyclic) bond motifs is 1. The number of allylic oxidation sites excluding steroid dienone is 2. The number of H-pyrrole nitrogens is 1. The van der Waals surface area contributed by atoms with Gasteiger partial charge in [0.1, 0.15) is 29.0 Å². The van der Waals surface area contributed by atoms with Gasteiger partial charge in [0.05, 0.1) is 5.52 Å². The zero-order valence-electron chi connectivity index (χ0n) is 17.4. The van der Waals surface area contributed by atoms with Crippen LogP contribution in [-0.2, 0) is 19.6 Å². The van der Waals surface area contributed by atoms with Gasteiger partial charge in [-0.05, 0) is 43.2 Å². The first kappa shape index (κ1) is 22.3. The number of rotatable bonds is 7. The summed E-state index contributed by atoms with van der Waals surface area (Å²) in [5.41, 5.74) is 1.58. The lowest BCUT2D eigenvalue weighted by Gasteiger charge is -2.38. The van der Waals surface area contributed by atoms with Crippen molar-refractivity contribution >= 4 is 33.1 Å². The summed E-state index contributed by atoms with van der Waals surface area (Å²) in [5.74, 6) is -0.514. The van der Waals surface area contributed by atoms with Gasteiger partial charge in [-0.25, -0.2) is 8.42 Å². The summed E-state index contributed by atoms with van der Waals surface area (Å²) in [7, 11) is -0.418. The first-order valence-electron chi connectivity index (χ1n) is 9.53. The van der Waals surface area contributed by atoms with Crippen molar-refractivity contribution in [3.8, 4) is 6.07 Å². The molecule has 162 valence electrons. The highest BCUT2D eigenvalue weighted by Gasteiger charge is 2.43. The van der Waals surface area contributed by atoms with E-state index in [-0.39, 0.29) is 22.8 Å². The third kappa shape index (κ3) is 4.52. The summed E-state index contributed by atoms with van der Waals surface area (Å²) in [5, 5.41) is 12.4. The number of nitrogens with one attached hydrogen (secondary N) is 2. The fourth-order valence-corrected chi connectivity index (χ4v) is 5.22. The van der Waals surface area contributed by atoms with Gasteiger partial charge >= 0.3 is 0 Å². The van der Waals surface area contributed by atoms with Gasteiger partial charge in [0.25, 0.3) is 0 Å². The van der Waals surface area contributed by atoms with Crippen LogP contribution < -0.4 is 5.32 Å². The van der Waals surface area contributed by atoms with Gasteiger partial charge < -0.3 is 15.2 Å². The van der Waals surface area contributed by atoms with Gasteiger partial charge in [0.2, 0.25) is 15.9 Å². The average molecular weight is 442 g/mol. The van der Waals surface area contributed by atoms with Gasteiger partial charge in [-0.1, -0.05) is 0 Å². The number of benzene rings is 1. The van der Waals surface area contributed by atoms with Crippen LogP contribution in [0, 0.1) is 18.3 Å². The quantitative estimate of drug-likeness (QED) is 0.380. The van der Waals surface area contributed by atoms with E-state index in [9.17, 15) is 18.0 Å². The third-order valence-electron chi connectivity index (χ3n) is 4.88. The normalized spacial score (nSPS) is 17.4. The lowest BCUT2D eigenvalue weighted by molar-refractivity contribution is -0.126. The first-order valence-corrected chi connectivity index (χ1v) is 11.0. The Labute approximate surface area is 180 Å². The van der Waals surface area contributed by atoms with E-state index < -0.39 is 22.0 Å². The van der Waals surface area contributed by atoms with Crippen molar-refractivity contribution in [1.82, 2.24) is 19.5 Å². The maximum Gasteiger partial charge on any atom is 0.245 e. The number of aryl methyl sites for hydroxylation is 1. The number of nitrogens with zero attached hydrogens (tertiary/aromatic N) is 3. The molecule has 0 saturated carbocycles. The van der Waals surface area contributed by atoms with Gasteiger partial charge in [-0.15, -0.1) is 0 Å². The van der Waals surface area contributed by atoms with Crippen LogP contribution in [0.3, 0.4) is 0 Å². The topological polar surface area (TPSA) is 126 Å². The Morgan fingerprint density at radius 3 is 2.68 bits per heavy atom. The van der Waals surface area contributed by atoms with Crippen LogP contribution in [0.4, 0.5) is 0 Å². The van der Waals surface area contributed by atoms with E-state index >= 15 is 0 Å². The molecule has 31 heavy (non-hydrogen) atoms. The van der Waals surface area contributed by atoms with Gasteiger partial charge in [0.15, 0.2) is 0 Å². The molecule has 0 spiro atoms. The molecule has 10 heteroatoms. The zero-order valence-corrected chi connectivity index (χ0v) is 18.2. The Kier molecular flexibility index (Phi) is 6.29. The van der Waals surface area contributed by atoms with Crippen molar-refractivity contribution in [2.45, 2.75) is 24.3 Å². The van der Waals surface area contributed by atoms with E-state index in [4.69, 9.17) is 5.26 Å². The first-order chi connectivity index (χ1) is 14.7. The number of aromatic amines is 1. The van der Waals surface area contributed by atoms with Gasteiger partial charge in [-0.2, -0.15) is 9.57 Å². The summed E-state index contributed by atoms with van der Waals surface area (Å²) in [6.07, 6.45) is 5.32. The van der Waals surface area contributed by atoms with Crippen LogP contribution in [-0.4, -0.2) is 61.5 Å². The number of aromatic nitrogens is 1. The molecular formula is C21H23N5O4S. The summed E-state index contributed by atoms with van der Waals surface area (Å²) < 4.78 is 27.9. The Balaban J connectivity index is 1.90. The molecule has 1 saturated heterocycles. The molecule has 2 N–H and O–H groups in total. The molecule has 3 rings (SSSR count). The monoisotopic (exact) mass is 441 g/mol. The minimum atomic E-state index is -4.00. The highest BCUT2D eigenvalue weighted by atomic mass is 32.2. The number of carbonyl (C=O) groups is 2. The van der Waals surface area contributed by atoms with Crippen molar-refractivity contribution in [3.63, 3.8) is 0 Å². The fraction of sp³-hybridized carbons (Fsp3) is 0.286. The van der Waals surface area contributed by atoms with Crippen molar-refractivity contribution in [2.75, 3.05) is 20.6 Å². The molecule has 1 aliphatic heterocycles. The van der Waals surface area contributed by atoms with E-state index in [0.29, 0.717) is 23.6 Å². The van der Waals surface area contributed by atoms with E-state index in [0.717, 1.165) is 9.87 Å². The molecule has 9 nitrogen and oxygen atoms in total. The summed E-state index contributed by atoms with van der Waals surface area (Å²) in [6.45, 7) is 1.97. The Morgan fingerprint density at radius 1 is 1.35 bits per heavy atom. The van der Waals surface area contributed by atoms with Crippen LogP contribution in [0.1, 0.15) is 17.7 Å². The van der Waals surface area contributed by atoms with Crippen molar-refractivity contribution in [2.24, 2.45) is 0 Å². The molecule has 0 bridgehead atoms. The van der Waals surface area contributed by atoms with E-state index in [2.05, 4.69) is 10.3 Å². The minimum absolute atomic E-state index is 0.0256. The van der Waals surface area contributed by atoms with Crippen LogP contribution in [0.15, 0.2) is 47.1 Å². The Hall–Kier alpha value is -3.42. The van der Waals surface area contributed by atoms with Crippen molar-refractivity contribution in [3.05, 3.63) is 53.5 Å². The summed E-state index contributed by atoms with van der Waals surface area (Å²) in [6, 6.07) is 6.00. The zero-order chi connectivity index (χ0) is 22.8. The summed E-state index contributed by atoms with van der Waals surface area (Å²) >= 11 is 0. The lowest BCUT2D eigenvalue weighted by atomic mass is 10.1. The molecule has 1 amide bonds. The SMILES string of the molecule is Cc1cc(S(=O)(=O)N2CCC2C(=O)NC(/C=C\N(C)C)=C/C=O)c2[nH]c(C#N)cc2c1. The predicted molar refractivity (Wildman–Crippen MR) is 115 cm³/mol. The number of aldehydes is 1. The largest absolute Gasteiger partial charge is 0.383 e. The number of hydrogen-bond donors (Lipinski definition) is 2. The standard InChI is InChI=1S/C21H23N5O4S/c1-14-10-15-12-17(13-22)23-20(15)19(11-14)31(29,30)26-8-5-18(26)21(28)24-16(6-9-27)4-7-25(2)3/h4,6-7,9-12,18,23H,5,8H2,1-3H3,(H,24,28)/b7-4-,16-6+. The minimum Gasteiger partial charge on any atom is -0.383 e. The number of carbonyl (C=O) groups excluding carboxylic acids is 2. The number of nitriles is 1. The predicted octanol–water partition coefficient (Wildman–Crippen LogP) is 1.39. The second-order valence-corrected chi connectivity index (χ2v) is 9.33. The lowest BCUT2D eigenvalue weighted by Crippen LogP contribution is -2.57. The molecule has 0 radical (unpaired) electrons. The molecule has 1 aliphatic rings. The maximum absolute atomic E-state index is 13.4. The van der Waals surface area contributed by atoms with E-state index in [1.165, 1.54) is 12.1 Å². The highest BCUT2D eigenvalue weighted by molar-refractivity contribution is 7.89. The maximum atomic E-state index is 13.4. The fourth-order valence-electron chi connectivity index (χ4n) is 3.32. The average Bonchev–Trinajstić information content (AvgIpc) is 3.07. The molecular weight excluding hydrogens is 418 g/mol.